The van der Waals surface area contributed by atoms with Gasteiger partial charge in [0.1, 0.15) is 5.75 Å². The molecular weight excluding hydrogens is 272 g/mol. The third kappa shape index (κ3) is 3.05. The van der Waals surface area contributed by atoms with E-state index in [4.69, 9.17) is 9.94 Å². The highest BCUT2D eigenvalue weighted by Crippen LogP contribution is 2.37. The van der Waals surface area contributed by atoms with Gasteiger partial charge in [0.05, 0.1) is 5.69 Å². The SMILES string of the molecule is O=C(/C=C/c1ccc2c(c1)N(CC1CC1)C(=O)CO2)NO. The van der Waals surface area contributed by atoms with Crippen molar-refractivity contribution in [1.82, 2.24) is 5.48 Å². The van der Waals surface area contributed by atoms with E-state index < -0.39 is 5.91 Å². The van der Waals surface area contributed by atoms with Crippen LogP contribution in [0.1, 0.15) is 18.4 Å². The zero-order valence-corrected chi connectivity index (χ0v) is 11.4. The fourth-order valence-electron chi connectivity index (χ4n) is 2.29. The number of nitrogens with one attached hydrogen (secondary N) is 1. The predicted octanol–water partition coefficient (Wildman–Crippen LogP) is 1.34. The summed E-state index contributed by atoms with van der Waals surface area (Å²) in [5, 5.41) is 8.46. The normalized spacial score (nSPS) is 17.6. The lowest BCUT2D eigenvalue weighted by Crippen LogP contribution is -2.40. The third-order valence-corrected chi connectivity index (χ3v) is 3.60. The number of nitrogens with zero attached hydrogens (tertiary/aromatic N) is 1. The van der Waals surface area contributed by atoms with Crippen LogP contribution in [-0.4, -0.2) is 30.2 Å². The van der Waals surface area contributed by atoms with Crippen LogP contribution in [0.2, 0.25) is 0 Å². The molecule has 1 aromatic carbocycles. The standard InChI is InChI=1S/C15H16N2O4/c18-14(16-20)6-4-10-3-5-13-12(7-10)17(8-11-1-2-11)15(19)9-21-13/h3-7,11,20H,1-2,8-9H2,(H,16,18)/b6-4+. The minimum Gasteiger partial charge on any atom is -0.482 e. The van der Waals surface area contributed by atoms with Gasteiger partial charge in [-0.2, -0.15) is 0 Å². The van der Waals surface area contributed by atoms with Crippen LogP contribution in [0.5, 0.6) is 5.75 Å². The van der Waals surface area contributed by atoms with Crippen LogP contribution in [0.15, 0.2) is 24.3 Å². The van der Waals surface area contributed by atoms with Crippen molar-refractivity contribution in [2.75, 3.05) is 18.1 Å². The quantitative estimate of drug-likeness (QED) is 0.498. The van der Waals surface area contributed by atoms with Crippen molar-refractivity contribution >= 4 is 23.6 Å². The maximum absolute atomic E-state index is 12.0. The Morgan fingerprint density at radius 1 is 1.48 bits per heavy atom. The Kier molecular flexibility index (Phi) is 3.62. The molecule has 1 fully saturated rings. The van der Waals surface area contributed by atoms with Crippen molar-refractivity contribution in [2.24, 2.45) is 5.92 Å². The average molecular weight is 288 g/mol. The van der Waals surface area contributed by atoms with Gasteiger partial charge >= 0.3 is 0 Å². The van der Waals surface area contributed by atoms with Gasteiger partial charge in [-0.05, 0) is 42.5 Å². The molecule has 2 aliphatic rings. The number of ether oxygens (including phenoxy) is 1. The molecule has 1 aromatic rings. The van der Waals surface area contributed by atoms with Gasteiger partial charge in [-0.3, -0.25) is 14.8 Å². The molecule has 2 amide bonds. The smallest absolute Gasteiger partial charge is 0.267 e. The Hall–Kier alpha value is -2.34. The van der Waals surface area contributed by atoms with Crippen LogP contribution in [0, 0.1) is 5.92 Å². The van der Waals surface area contributed by atoms with Crippen molar-refractivity contribution in [1.29, 1.82) is 0 Å². The average Bonchev–Trinajstić information content (AvgIpc) is 3.31. The molecule has 110 valence electrons. The topological polar surface area (TPSA) is 78.9 Å². The lowest BCUT2D eigenvalue weighted by atomic mass is 10.1. The Bertz CT molecular complexity index is 608. The fraction of sp³-hybridized carbons (Fsp3) is 0.333. The third-order valence-electron chi connectivity index (χ3n) is 3.60. The summed E-state index contributed by atoms with van der Waals surface area (Å²) in [5.74, 6) is 0.622. The van der Waals surface area contributed by atoms with Crippen molar-refractivity contribution < 1.29 is 19.5 Å². The van der Waals surface area contributed by atoms with Crippen LogP contribution >= 0.6 is 0 Å². The second-order valence-electron chi connectivity index (χ2n) is 5.27. The minimum atomic E-state index is -0.602. The molecule has 0 atom stereocenters. The van der Waals surface area contributed by atoms with Crippen molar-refractivity contribution in [3.05, 3.63) is 29.8 Å². The summed E-state index contributed by atoms with van der Waals surface area (Å²) in [7, 11) is 0. The summed E-state index contributed by atoms with van der Waals surface area (Å²) < 4.78 is 5.44. The van der Waals surface area contributed by atoms with Gasteiger partial charge < -0.3 is 9.64 Å². The van der Waals surface area contributed by atoms with E-state index in [9.17, 15) is 9.59 Å². The monoisotopic (exact) mass is 288 g/mol. The summed E-state index contributed by atoms with van der Waals surface area (Å²) >= 11 is 0. The molecule has 0 bridgehead atoms. The van der Waals surface area contributed by atoms with Crippen molar-refractivity contribution in [2.45, 2.75) is 12.8 Å². The van der Waals surface area contributed by atoms with E-state index in [0.29, 0.717) is 11.7 Å². The summed E-state index contributed by atoms with van der Waals surface area (Å²) in [6, 6.07) is 5.40. The highest BCUT2D eigenvalue weighted by molar-refractivity contribution is 5.98. The molecule has 21 heavy (non-hydrogen) atoms. The molecule has 1 heterocycles. The Morgan fingerprint density at radius 3 is 3.00 bits per heavy atom. The van der Waals surface area contributed by atoms with Crippen LogP contribution in [0.4, 0.5) is 5.69 Å². The number of hydrogen-bond donors (Lipinski definition) is 2. The molecule has 3 rings (SSSR count). The van der Waals surface area contributed by atoms with E-state index in [1.54, 1.807) is 23.1 Å². The molecule has 6 nitrogen and oxygen atoms in total. The van der Waals surface area contributed by atoms with E-state index >= 15 is 0 Å². The second-order valence-corrected chi connectivity index (χ2v) is 5.27. The van der Waals surface area contributed by atoms with Crippen LogP contribution in [-0.2, 0) is 9.59 Å². The van der Waals surface area contributed by atoms with Gasteiger partial charge in [0.15, 0.2) is 6.61 Å². The van der Waals surface area contributed by atoms with E-state index in [0.717, 1.165) is 30.6 Å². The van der Waals surface area contributed by atoms with Crippen LogP contribution in [0.25, 0.3) is 6.08 Å². The predicted molar refractivity (Wildman–Crippen MR) is 76.0 cm³/mol. The number of anilines is 1. The van der Waals surface area contributed by atoms with E-state index in [1.807, 2.05) is 6.07 Å². The molecule has 6 heteroatoms. The molecule has 2 N–H and O–H groups in total. The van der Waals surface area contributed by atoms with Crippen LogP contribution in [0.3, 0.4) is 0 Å². The molecule has 1 aliphatic carbocycles. The van der Waals surface area contributed by atoms with E-state index in [-0.39, 0.29) is 12.5 Å². The van der Waals surface area contributed by atoms with Gasteiger partial charge in [0, 0.05) is 12.6 Å². The number of hydroxylamine groups is 1. The second kappa shape index (κ2) is 5.57. The fourth-order valence-corrected chi connectivity index (χ4v) is 2.29. The molecule has 0 aromatic heterocycles. The highest BCUT2D eigenvalue weighted by Gasteiger charge is 2.31. The molecule has 0 unspecified atom stereocenters. The first-order chi connectivity index (χ1) is 10.2. The molecule has 1 saturated carbocycles. The molecule has 0 spiro atoms. The number of carbonyl (C=O) groups excluding carboxylic acids is 2. The summed E-state index contributed by atoms with van der Waals surface area (Å²) in [5.41, 5.74) is 3.03. The molecule has 1 aliphatic heterocycles. The van der Waals surface area contributed by atoms with Gasteiger partial charge in [-0.1, -0.05) is 6.07 Å². The van der Waals surface area contributed by atoms with Gasteiger partial charge in [0.2, 0.25) is 0 Å². The summed E-state index contributed by atoms with van der Waals surface area (Å²) in [6.45, 7) is 0.793. The number of benzene rings is 1. The number of carbonyl (C=O) groups is 2. The highest BCUT2D eigenvalue weighted by atomic mass is 16.5. The zero-order valence-electron chi connectivity index (χ0n) is 11.4. The van der Waals surface area contributed by atoms with Gasteiger partial charge in [-0.15, -0.1) is 0 Å². The van der Waals surface area contributed by atoms with Crippen molar-refractivity contribution in [3.63, 3.8) is 0 Å². The number of fused-ring (bicyclic) bond motifs is 1. The Balaban J connectivity index is 1.87. The van der Waals surface area contributed by atoms with Crippen LogP contribution < -0.4 is 15.1 Å². The Labute approximate surface area is 122 Å². The zero-order chi connectivity index (χ0) is 14.8. The van der Waals surface area contributed by atoms with E-state index in [1.165, 1.54) is 11.6 Å². The Morgan fingerprint density at radius 2 is 2.29 bits per heavy atom. The number of hydrogen-bond acceptors (Lipinski definition) is 4. The largest absolute Gasteiger partial charge is 0.482 e. The first kappa shape index (κ1) is 13.6. The van der Waals surface area contributed by atoms with Gasteiger partial charge in [0.25, 0.3) is 11.8 Å². The van der Waals surface area contributed by atoms with Crippen molar-refractivity contribution in [3.8, 4) is 5.75 Å². The maximum atomic E-state index is 12.0. The van der Waals surface area contributed by atoms with E-state index in [2.05, 4.69) is 0 Å². The first-order valence-electron chi connectivity index (χ1n) is 6.87. The lowest BCUT2D eigenvalue weighted by Gasteiger charge is -2.29. The van der Waals surface area contributed by atoms with Gasteiger partial charge in [-0.25, -0.2) is 5.48 Å². The number of rotatable bonds is 4. The minimum absolute atomic E-state index is 0.0383. The number of amides is 2. The molecule has 0 saturated heterocycles. The summed E-state index contributed by atoms with van der Waals surface area (Å²) in [6.07, 6.45) is 5.12. The molecule has 0 radical (unpaired) electrons. The molecular formula is C15H16N2O4. The maximum Gasteiger partial charge on any atom is 0.267 e. The summed E-state index contributed by atoms with van der Waals surface area (Å²) in [4.78, 5) is 24.8. The lowest BCUT2D eigenvalue weighted by molar-refractivity contribution is -0.124. The first-order valence-corrected chi connectivity index (χ1v) is 6.87.